The van der Waals surface area contributed by atoms with E-state index in [1.54, 1.807) is 36.3 Å². The summed E-state index contributed by atoms with van der Waals surface area (Å²) in [6, 6.07) is 17.2. The largest absolute Gasteiger partial charge is 0.497 e. The number of methoxy groups -OCH3 is 3. The first-order valence-electron chi connectivity index (χ1n) is 16.4. The summed E-state index contributed by atoms with van der Waals surface area (Å²) in [6.45, 7) is 8.67. The van der Waals surface area contributed by atoms with Gasteiger partial charge in [-0.3, -0.25) is 19.2 Å². The Hall–Kier alpha value is -4.97. The van der Waals surface area contributed by atoms with Crippen molar-refractivity contribution >= 4 is 23.0 Å². The molecule has 0 atom stereocenters. The fourth-order valence-electron chi connectivity index (χ4n) is 6.06. The molecule has 1 amide bonds. The van der Waals surface area contributed by atoms with Crippen molar-refractivity contribution in [2.45, 2.75) is 58.8 Å². The minimum atomic E-state index is -0.785. The van der Waals surface area contributed by atoms with Gasteiger partial charge in [0, 0.05) is 30.9 Å². The molecular weight excluding hydrogens is 626 g/mol. The lowest BCUT2D eigenvalue weighted by Gasteiger charge is -2.35. The van der Waals surface area contributed by atoms with E-state index in [-0.39, 0.29) is 35.7 Å². The number of rotatable bonds is 11. The molecule has 0 spiro atoms. The summed E-state index contributed by atoms with van der Waals surface area (Å²) >= 11 is 0. The lowest BCUT2D eigenvalue weighted by molar-refractivity contribution is 0.0172. The minimum Gasteiger partial charge on any atom is -0.497 e. The van der Waals surface area contributed by atoms with Gasteiger partial charge in [0.1, 0.15) is 22.6 Å². The average Bonchev–Trinajstić information content (AvgIpc) is 3.09. The second-order valence-electron chi connectivity index (χ2n) is 13.2. The molecule has 0 saturated carbocycles. The first kappa shape index (κ1) is 35.3. The number of pyridine rings is 1. The van der Waals surface area contributed by atoms with Crippen LogP contribution in [0, 0.1) is 5.92 Å². The normalized spacial score (nSPS) is 14.0. The number of benzene rings is 2. The van der Waals surface area contributed by atoms with Gasteiger partial charge in [-0.15, -0.1) is 0 Å². The second-order valence-corrected chi connectivity index (χ2v) is 13.2. The van der Waals surface area contributed by atoms with Crippen LogP contribution >= 0.6 is 0 Å². The molecule has 1 aliphatic heterocycles. The predicted octanol–water partition coefficient (Wildman–Crippen LogP) is 5.29. The Kier molecular flexibility index (Phi) is 11.2. The molecule has 12 heteroatoms. The van der Waals surface area contributed by atoms with Gasteiger partial charge < -0.3 is 23.8 Å². The highest BCUT2D eigenvalue weighted by molar-refractivity contribution is 5.89. The molecule has 12 nitrogen and oxygen atoms in total. The molecule has 2 aromatic carbocycles. The van der Waals surface area contributed by atoms with Crippen LogP contribution in [0.2, 0.25) is 0 Å². The second kappa shape index (κ2) is 15.5. The molecule has 0 N–H and O–H groups in total. The van der Waals surface area contributed by atoms with Crippen LogP contribution in [0.15, 0.2) is 65.6 Å². The molecular formula is C37H45N5O7. The van der Waals surface area contributed by atoms with Gasteiger partial charge in [-0.25, -0.2) is 14.6 Å². The molecule has 0 radical (unpaired) electrons. The van der Waals surface area contributed by atoms with Gasteiger partial charge in [0.25, 0.3) is 5.56 Å². The number of likely N-dealkylation sites (tertiary alicyclic amines) is 1. The number of carbonyl (C=O) groups is 2. The molecule has 49 heavy (non-hydrogen) atoms. The SMILES string of the molecule is COC(=O)c1nc2c(CN(CC3CCN(Cc4ccccc4)CC3)C(=O)OC(C)(C)C)nccc2c(=O)n1Cc1ccc(OC)cc1OC. The molecule has 1 saturated heterocycles. The Bertz CT molecular complexity index is 1830. The van der Waals surface area contributed by atoms with Crippen molar-refractivity contribution in [1.29, 1.82) is 0 Å². The number of esters is 1. The molecule has 1 aliphatic rings. The maximum Gasteiger partial charge on any atom is 0.410 e. The molecule has 1 fully saturated rings. The van der Waals surface area contributed by atoms with E-state index < -0.39 is 23.2 Å². The number of aromatic nitrogens is 3. The molecule has 3 heterocycles. The standard InChI is InChI=1S/C37H45N5O7/c1-37(2,3)49-36(45)41(22-26-15-18-40(19-16-26)21-25-10-8-7-9-11-25)24-30-32-29(14-17-38-30)34(43)42(33(39-32)35(44)48-6)23-27-12-13-28(46-4)20-31(27)47-5/h7-14,17,20,26H,15-16,18-19,21-24H2,1-6H3. The number of piperidine rings is 1. The van der Waals surface area contributed by atoms with Crippen LogP contribution in [0.1, 0.15) is 61.1 Å². The van der Waals surface area contributed by atoms with E-state index in [1.807, 2.05) is 26.8 Å². The number of ether oxygens (including phenoxy) is 4. The first-order chi connectivity index (χ1) is 23.5. The number of nitrogens with zero attached hydrogens (tertiary/aromatic N) is 5. The van der Waals surface area contributed by atoms with Crippen LogP contribution in [-0.4, -0.2) is 83.0 Å². The van der Waals surface area contributed by atoms with Gasteiger partial charge in [0.05, 0.1) is 45.5 Å². The van der Waals surface area contributed by atoms with Crippen LogP contribution in [-0.2, 0) is 29.1 Å². The highest BCUT2D eigenvalue weighted by Crippen LogP contribution is 2.27. The van der Waals surface area contributed by atoms with Crippen LogP contribution in [0.25, 0.3) is 10.9 Å². The number of hydrogen-bond acceptors (Lipinski definition) is 10. The Balaban J connectivity index is 1.45. The van der Waals surface area contributed by atoms with Gasteiger partial charge in [0.15, 0.2) is 0 Å². The fraction of sp³-hybridized carbons (Fsp3) is 0.432. The highest BCUT2D eigenvalue weighted by atomic mass is 16.6. The van der Waals surface area contributed by atoms with Gasteiger partial charge >= 0.3 is 12.1 Å². The van der Waals surface area contributed by atoms with Crippen LogP contribution in [0.4, 0.5) is 4.79 Å². The van der Waals surface area contributed by atoms with Crippen LogP contribution in [0.3, 0.4) is 0 Å². The van der Waals surface area contributed by atoms with Crippen molar-refractivity contribution in [3.05, 3.63) is 93.8 Å². The summed E-state index contributed by atoms with van der Waals surface area (Å²) in [7, 11) is 4.30. The van der Waals surface area contributed by atoms with Gasteiger partial charge in [-0.2, -0.15) is 0 Å². The van der Waals surface area contributed by atoms with Crippen molar-refractivity contribution in [3.8, 4) is 11.5 Å². The number of hydrogen-bond donors (Lipinski definition) is 0. The van der Waals surface area contributed by atoms with Crippen molar-refractivity contribution in [1.82, 2.24) is 24.3 Å². The lowest BCUT2D eigenvalue weighted by atomic mass is 9.95. The summed E-state index contributed by atoms with van der Waals surface area (Å²) < 4.78 is 23.0. The zero-order chi connectivity index (χ0) is 35.1. The summed E-state index contributed by atoms with van der Waals surface area (Å²) in [5.41, 5.74) is 1.34. The third-order valence-electron chi connectivity index (χ3n) is 8.57. The summed E-state index contributed by atoms with van der Waals surface area (Å²) in [5, 5.41) is 0.253. The number of amides is 1. The van der Waals surface area contributed by atoms with E-state index >= 15 is 0 Å². The van der Waals surface area contributed by atoms with E-state index in [2.05, 4.69) is 39.1 Å². The molecule has 0 unspecified atom stereocenters. The van der Waals surface area contributed by atoms with Gasteiger partial charge in [-0.1, -0.05) is 30.3 Å². The quantitative estimate of drug-likeness (QED) is 0.194. The van der Waals surface area contributed by atoms with E-state index in [4.69, 9.17) is 18.9 Å². The van der Waals surface area contributed by atoms with Crippen molar-refractivity contribution in [2.24, 2.45) is 5.92 Å². The maximum atomic E-state index is 14.0. The van der Waals surface area contributed by atoms with Gasteiger partial charge in [0.2, 0.25) is 5.82 Å². The van der Waals surface area contributed by atoms with E-state index in [1.165, 1.54) is 30.5 Å². The Labute approximate surface area is 286 Å². The molecule has 4 aromatic rings. The van der Waals surface area contributed by atoms with E-state index in [0.29, 0.717) is 29.3 Å². The number of fused-ring (bicyclic) bond motifs is 1. The molecule has 0 bridgehead atoms. The zero-order valence-corrected chi connectivity index (χ0v) is 29.1. The monoisotopic (exact) mass is 671 g/mol. The van der Waals surface area contributed by atoms with Gasteiger partial charge in [-0.05, 0) is 76.4 Å². The molecule has 5 rings (SSSR count). The summed E-state index contributed by atoms with van der Waals surface area (Å²) in [5.74, 6) is 0.330. The zero-order valence-electron chi connectivity index (χ0n) is 29.1. The number of carbonyl (C=O) groups excluding carboxylic acids is 2. The topological polar surface area (TPSA) is 125 Å². The summed E-state index contributed by atoms with van der Waals surface area (Å²) in [6.07, 6.45) is 2.87. The Morgan fingerprint density at radius 2 is 1.69 bits per heavy atom. The molecule has 0 aliphatic carbocycles. The smallest absolute Gasteiger partial charge is 0.410 e. The average molecular weight is 672 g/mol. The molecule has 260 valence electrons. The highest BCUT2D eigenvalue weighted by Gasteiger charge is 2.29. The third-order valence-corrected chi connectivity index (χ3v) is 8.57. The third kappa shape index (κ3) is 8.74. The lowest BCUT2D eigenvalue weighted by Crippen LogP contribution is -2.42. The summed E-state index contributed by atoms with van der Waals surface area (Å²) in [4.78, 5) is 54.0. The molecule has 2 aromatic heterocycles. The minimum absolute atomic E-state index is 0.00989. The Morgan fingerprint density at radius 3 is 2.35 bits per heavy atom. The first-order valence-corrected chi connectivity index (χ1v) is 16.4. The van der Waals surface area contributed by atoms with Crippen molar-refractivity contribution in [3.63, 3.8) is 0 Å². The van der Waals surface area contributed by atoms with E-state index in [9.17, 15) is 14.4 Å². The van der Waals surface area contributed by atoms with Crippen molar-refractivity contribution in [2.75, 3.05) is 41.0 Å². The van der Waals surface area contributed by atoms with Crippen molar-refractivity contribution < 1.29 is 28.5 Å². The predicted molar refractivity (Wildman–Crippen MR) is 185 cm³/mol. The Morgan fingerprint density at radius 1 is 0.959 bits per heavy atom. The fourth-order valence-corrected chi connectivity index (χ4v) is 6.06. The van der Waals surface area contributed by atoms with Crippen LogP contribution in [0.5, 0.6) is 11.5 Å². The van der Waals surface area contributed by atoms with Crippen LogP contribution < -0.4 is 15.0 Å². The maximum absolute atomic E-state index is 14.0. The van der Waals surface area contributed by atoms with E-state index in [0.717, 1.165) is 32.5 Å².